The Labute approximate surface area is 113 Å². The Hall–Kier alpha value is -0.790. The Balaban J connectivity index is 3.02. The maximum Gasteiger partial charge on any atom is 0.293 e. The van der Waals surface area contributed by atoms with Crippen molar-refractivity contribution in [3.63, 3.8) is 0 Å². The summed E-state index contributed by atoms with van der Waals surface area (Å²) in [4.78, 5) is 9.89. The molecular formula is C16H30O2. The second kappa shape index (κ2) is 16.2. The summed E-state index contributed by atoms with van der Waals surface area (Å²) in [7, 11) is 0. The molecule has 0 aliphatic rings. The highest BCUT2D eigenvalue weighted by molar-refractivity contribution is 5.36. The number of hydrogen-bond acceptors (Lipinski definition) is 2. The van der Waals surface area contributed by atoms with Gasteiger partial charge in [-0.3, -0.25) is 4.79 Å². The van der Waals surface area contributed by atoms with Gasteiger partial charge in [-0.15, -0.1) is 0 Å². The Morgan fingerprint density at radius 1 is 0.778 bits per heavy atom. The van der Waals surface area contributed by atoms with Crippen LogP contribution in [0.5, 0.6) is 0 Å². The van der Waals surface area contributed by atoms with Gasteiger partial charge in [0.15, 0.2) is 0 Å². The van der Waals surface area contributed by atoms with Gasteiger partial charge in [-0.05, 0) is 38.5 Å². The number of carbonyl (C=O) groups excluding carboxylic acids is 1. The number of carbonyl (C=O) groups is 1. The largest absolute Gasteiger partial charge is 0.468 e. The highest BCUT2D eigenvalue weighted by atomic mass is 16.5. The zero-order valence-electron chi connectivity index (χ0n) is 12.0. The van der Waals surface area contributed by atoms with Crippen LogP contribution in [0.25, 0.3) is 0 Å². The fraction of sp³-hybridized carbons (Fsp3) is 0.812. The van der Waals surface area contributed by atoms with E-state index in [1.54, 1.807) is 0 Å². The number of allylic oxidation sites excluding steroid dienone is 2. The Kier molecular flexibility index (Phi) is 15.5. The molecule has 18 heavy (non-hydrogen) atoms. The zero-order valence-corrected chi connectivity index (χ0v) is 12.0. The van der Waals surface area contributed by atoms with Crippen LogP contribution in [0.1, 0.15) is 77.6 Å². The van der Waals surface area contributed by atoms with Crippen LogP contribution >= 0.6 is 0 Å². The highest BCUT2D eigenvalue weighted by Crippen LogP contribution is 2.08. The summed E-state index contributed by atoms with van der Waals surface area (Å²) in [6, 6.07) is 0. The molecule has 0 amide bonds. The van der Waals surface area contributed by atoms with Gasteiger partial charge >= 0.3 is 0 Å². The normalized spacial score (nSPS) is 10.9. The number of ether oxygens (including phenoxy) is 1. The van der Waals surface area contributed by atoms with E-state index in [0.29, 0.717) is 13.1 Å². The minimum Gasteiger partial charge on any atom is -0.468 e. The fourth-order valence-corrected chi connectivity index (χ4v) is 1.95. The average Bonchev–Trinajstić information content (AvgIpc) is 2.39. The molecule has 0 heterocycles. The van der Waals surface area contributed by atoms with Gasteiger partial charge < -0.3 is 4.74 Å². The van der Waals surface area contributed by atoms with Crippen molar-refractivity contribution in [2.45, 2.75) is 77.6 Å². The van der Waals surface area contributed by atoms with Crippen molar-refractivity contribution in [3.05, 3.63) is 12.2 Å². The van der Waals surface area contributed by atoms with Crippen LogP contribution in [0.3, 0.4) is 0 Å². The first-order chi connectivity index (χ1) is 8.91. The van der Waals surface area contributed by atoms with E-state index in [0.717, 1.165) is 19.3 Å². The van der Waals surface area contributed by atoms with Crippen LogP contribution < -0.4 is 0 Å². The lowest BCUT2D eigenvalue weighted by Gasteiger charge is -1.98. The molecule has 106 valence electrons. The van der Waals surface area contributed by atoms with Crippen molar-refractivity contribution in [2.24, 2.45) is 0 Å². The monoisotopic (exact) mass is 254 g/mol. The molecule has 0 rings (SSSR count). The molecule has 0 aliphatic carbocycles. The molecule has 2 nitrogen and oxygen atoms in total. The van der Waals surface area contributed by atoms with Gasteiger partial charge in [0.2, 0.25) is 0 Å². The summed E-state index contributed by atoms with van der Waals surface area (Å²) in [6.07, 6.45) is 18.6. The van der Waals surface area contributed by atoms with Crippen LogP contribution in [0, 0.1) is 0 Å². The third-order valence-corrected chi connectivity index (χ3v) is 3.09. The zero-order chi connectivity index (χ0) is 13.3. The molecule has 0 bridgehead atoms. The quantitative estimate of drug-likeness (QED) is 0.247. The summed E-state index contributed by atoms with van der Waals surface area (Å²) in [5, 5.41) is 0. The summed E-state index contributed by atoms with van der Waals surface area (Å²) >= 11 is 0. The summed E-state index contributed by atoms with van der Waals surface area (Å²) in [5.74, 6) is 0. The molecule has 0 N–H and O–H groups in total. The molecule has 0 aliphatic heterocycles. The molecule has 0 radical (unpaired) electrons. The first kappa shape index (κ1) is 17.2. The smallest absolute Gasteiger partial charge is 0.293 e. The summed E-state index contributed by atoms with van der Waals surface area (Å²) in [5.41, 5.74) is 0. The van der Waals surface area contributed by atoms with E-state index in [1.165, 1.54) is 51.4 Å². The van der Waals surface area contributed by atoms with E-state index >= 15 is 0 Å². The van der Waals surface area contributed by atoms with Crippen LogP contribution in [0.4, 0.5) is 0 Å². The summed E-state index contributed by atoms with van der Waals surface area (Å²) in [6.45, 7) is 3.36. The minimum atomic E-state index is 0.528. The number of rotatable bonds is 14. The van der Waals surface area contributed by atoms with Gasteiger partial charge in [-0.25, -0.2) is 0 Å². The number of hydrogen-bond donors (Lipinski definition) is 0. The molecule has 0 spiro atoms. The van der Waals surface area contributed by atoms with Crippen molar-refractivity contribution in [1.29, 1.82) is 0 Å². The Bertz CT molecular complexity index is 188. The van der Waals surface area contributed by atoms with Crippen LogP contribution in [0.15, 0.2) is 12.2 Å². The molecule has 0 aromatic heterocycles. The maximum absolute atomic E-state index is 9.89. The first-order valence-electron chi connectivity index (χ1n) is 7.62. The molecule has 2 heteroatoms. The Morgan fingerprint density at radius 3 is 1.94 bits per heavy atom. The first-order valence-corrected chi connectivity index (χ1v) is 7.62. The minimum absolute atomic E-state index is 0.528. The molecule has 0 unspecified atom stereocenters. The maximum atomic E-state index is 9.89. The van der Waals surface area contributed by atoms with E-state index < -0.39 is 0 Å². The van der Waals surface area contributed by atoms with Gasteiger partial charge in [-0.2, -0.15) is 0 Å². The molecule has 0 fully saturated rings. The third-order valence-electron chi connectivity index (χ3n) is 3.09. The van der Waals surface area contributed by atoms with Gasteiger partial charge in [0, 0.05) is 0 Å². The Morgan fingerprint density at radius 2 is 1.33 bits per heavy atom. The molecule has 0 aromatic carbocycles. The van der Waals surface area contributed by atoms with Gasteiger partial charge in [0.05, 0.1) is 6.61 Å². The second-order valence-electron chi connectivity index (χ2n) is 4.84. The lowest BCUT2D eigenvalue weighted by atomic mass is 10.1. The van der Waals surface area contributed by atoms with E-state index in [9.17, 15) is 4.79 Å². The van der Waals surface area contributed by atoms with Crippen LogP contribution in [0.2, 0.25) is 0 Å². The third kappa shape index (κ3) is 15.2. The van der Waals surface area contributed by atoms with Crippen molar-refractivity contribution in [2.75, 3.05) is 6.61 Å². The van der Waals surface area contributed by atoms with Crippen molar-refractivity contribution in [3.8, 4) is 0 Å². The van der Waals surface area contributed by atoms with Crippen molar-refractivity contribution in [1.82, 2.24) is 0 Å². The topological polar surface area (TPSA) is 26.3 Å². The van der Waals surface area contributed by atoms with Gasteiger partial charge in [0.1, 0.15) is 0 Å². The number of unbranched alkanes of at least 4 members (excludes halogenated alkanes) is 9. The standard InChI is InChI=1S/C16H30O2/c1-2-3-4-5-6-7-8-9-10-11-12-13-14-15-18-16-17/h9-10,16H,2-8,11-15H2,1H3. The molecule has 0 saturated carbocycles. The van der Waals surface area contributed by atoms with Crippen LogP contribution in [-0.2, 0) is 9.53 Å². The predicted molar refractivity (Wildman–Crippen MR) is 77.6 cm³/mol. The second-order valence-corrected chi connectivity index (χ2v) is 4.84. The molecule has 0 aromatic rings. The van der Waals surface area contributed by atoms with Gasteiger partial charge in [-0.1, -0.05) is 51.2 Å². The lowest BCUT2D eigenvalue weighted by Crippen LogP contribution is -1.90. The van der Waals surface area contributed by atoms with E-state index in [2.05, 4.69) is 23.8 Å². The fourth-order valence-electron chi connectivity index (χ4n) is 1.95. The van der Waals surface area contributed by atoms with E-state index in [-0.39, 0.29) is 0 Å². The van der Waals surface area contributed by atoms with Crippen molar-refractivity contribution >= 4 is 6.47 Å². The SMILES string of the molecule is CCCCCCCCC=CCCCCCOC=O. The summed E-state index contributed by atoms with van der Waals surface area (Å²) < 4.78 is 4.63. The average molecular weight is 254 g/mol. The highest BCUT2D eigenvalue weighted by Gasteiger charge is 1.89. The van der Waals surface area contributed by atoms with Crippen molar-refractivity contribution < 1.29 is 9.53 Å². The lowest BCUT2D eigenvalue weighted by molar-refractivity contribution is -0.128. The van der Waals surface area contributed by atoms with E-state index in [1.807, 2.05) is 0 Å². The molecular weight excluding hydrogens is 224 g/mol. The molecule has 0 saturated heterocycles. The van der Waals surface area contributed by atoms with Gasteiger partial charge in [0.25, 0.3) is 6.47 Å². The molecule has 0 atom stereocenters. The van der Waals surface area contributed by atoms with E-state index in [4.69, 9.17) is 0 Å². The van der Waals surface area contributed by atoms with Crippen LogP contribution in [-0.4, -0.2) is 13.1 Å². The predicted octanol–water partition coefficient (Wildman–Crippen LogP) is 5.03.